The van der Waals surface area contributed by atoms with E-state index >= 15 is 0 Å². The lowest BCUT2D eigenvalue weighted by Gasteiger charge is -2.45. The van der Waals surface area contributed by atoms with Gasteiger partial charge in [-0.3, -0.25) is 14.9 Å². The summed E-state index contributed by atoms with van der Waals surface area (Å²) in [6.45, 7) is 3.56. The van der Waals surface area contributed by atoms with Crippen molar-refractivity contribution in [3.63, 3.8) is 0 Å². The third kappa shape index (κ3) is 2.33. The van der Waals surface area contributed by atoms with Crippen LogP contribution >= 0.6 is 0 Å². The Morgan fingerprint density at radius 2 is 1.92 bits per heavy atom. The zero-order valence-corrected chi connectivity index (χ0v) is 13.3. The van der Waals surface area contributed by atoms with Gasteiger partial charge in [0.2, 0.25) is 0 Å². The fourth-order valence-corrected chi connectivity index (χ4v) is 3.46. The number of nitrogens with zero attached hydrogens (tertiary/aromatic N) is 4. The first kappa shape index (κ1) is 15.0. The Labute approximate surface area is 140 Å². The first-order valence-electron chi connectivity index (χ1n) is 8.07. The molecule has 0 aliphatic carbocycles. The van der Waals surface area contributed by atoms with Gasteiger partial charge in [-0.15, -0.1) is 0 Å². The van der Waals surface area contributed by atoms with Crippen molar-refractivity contribution < 1.29 is 9.53 Å². The van der Waals surface area contributed by atoms with Gasteiger partial charge in [0.05, 0.1) is 6.20 Å². The highest BCUT2D eigenvalue weighted by atomic mass is 16.6. The van der Waals surface area contributed by atoms with Gasteiger partial charge in [-0.1, -0.05) is 18.2 Å². The average Bonchev–Trinajstić information content (AvgIpc) is 3.02. The molecule has 1 aromatic heterocycles. The second-order valence-corrected chi connectivity index (χ2v) is 5.87. The van der Waals surface area contributed by atoms with E-state index in [1.807, 2.05) is 30.3 Å². The number of anilines is 1. The normalized spacial score (nSPS) is 24.8. The number of cyclic esters (lactones) is 1. The number of rotatable bonds is 3. The van der Waals surface area contributed by atoms with E-state index < -0.39 is 5.66 Å². The molecule has 2 fully saturated rings. The summed E-state index contributed by atoms with van der Waals surface area (Å²) in [6, 6.07) is 9.60. The molecule has 1 atom stereocenters. The van der Waals surface area contributed by atoms with Gasteiger partial charge < -0.3 is 10.1 Å². The van der Waals surface area contributed by atoms with Gasteiger partial charge >= 0.3 is 6.09 Å². The van der Waals surface area contributed by atoms with E-state index in [1.54, 1.807) is 23.5 Å². The lowest BCUT2D eigenvalue weighted by atomic mass is 10.0. The molecule has 2 aromatic rings. The van der Waals surface area contributed by atoms with Crippen molar-refractivity contribution in [2.75, 3.05) is 37.7 Å². The number of para-hydroxylation sites is 1. The molecule has 24 heavy (non-hydrogen) atoms. The Morgan fingerprint density at radius 1 is 1.12 bits per heavy atom. The summed E-state index contributed by atoms with van der Waals surface area (Å²) in [5.41, 5.74) is 0.750. The Balaban J connectivity index is 1.86. The van der Waals surface area contributed by atoms with Gasteiger partial charge in [-0.05, 0) is 12.1 Å². The lowest BCUT2D eigenvalue weighted by Crippen LogP contribution is -2.62. The van der Waals surface area contributed by atoms with Gasteiger partial charge in [0.25, 0.3) is 0 Å². The van der Waals surface area contributed by atoms with Crippen LogP contribution in [0.4, 0.5) is 10.5 Å². The number of benzene rings is 1. The second kappa shape index (κ2) is 6.18. The number of nitrogens with one attached hydrogen (secondary N) is 1. The van der Waals surface area contributed by atoms with Crippen molar-refractivity contribution in [1.29, 1.82) is 0 Å². The molecule has 2 aliphatic rings. The number of carbonyl (C=O) groups excluding carboxylic acids is 1. The lowest BCUT2D eigenvalue weighted by molar-refractivity contribution is 0.0542. The van der Waals surface area contributed by atoms with Crippen molar-refractivity contribution in [3.8, 4) is 0 Å². The third-order valence-electron chi connectivity index (χ3n) is 4.58. The van der Waals surface area contributed by atoms with Crippen LogP contribution in [0.1, 0.15) is 5.69 Å². The largest absolute Gasteiger partial charge is 0.445 e. The molecule has 1 unspecified atom stereocenters. The maximum absolute atomic E-state index is 12.6. The van der Waals surface area contributed by atoms with E-state index in [1.165, 1.54) is 0 Å². The van der Waals surface area contributed by atoms with Crippen molar-refractivity contribution >= 4 is 11.8 Å². The first-order chi connectivity index (χ1) is 11.8. The van der Waals surface area contributed by atoms with E-state index in [0.717, 1.165) is 37.6 Å². The molecule has 1 aromatic carbocycles. The second-order valence-electron chi connectivity index (χ2n) is 5.87. The number of hydrogen-bond acceptors (Lipinski definition) is 6. The monoisotopic (exact) mass is 325 g/mol. The molecule has 2 aliphatic heterocycles. The van der Waals surface area contributed by atoms with Crippen LogP contribution in [0.3, 0.4) is 0 Å². The van der Waals surface area contributed by atoms with Gasteiger partial charge in [0.1, 0.15) is 12.3 Å². The van der Waals surface area contributed by atoms with Crippen LogP contribution in [0.25, 0.3) is 0 Å². The van der Waals surface area contributed by atoms with Crippen LogP contribution in [0.2, 0.25) is 0 Å². The van der Waals surface area contributed by atoms with Crippen molar-refractivity contribution in [2.45, 2.75) is 5.66 Å². The van der Waals surface area contributed by atoms with E-state index in [-0.39, 0.29) is 12.7 Å². The van der Waals surface area contributed by atoms with E-state index in [9.17, 15) is 4.79 Å². The maximum Gasteiger partial charge on any atom is 0.416 e. The summed E-state index contributed by atoms with van der Waals surface area (Å²) in [5.74, 6) is 0. The number of hydrogen-bond donors (Lipinski definition) is 1. The topological polar surface area (TPSA) is 70.6 Å². The summed E-state index contributed by atoms with van der Waals surface area (Å²) in [5, 5.41) is 3.35. The Bertz CT molecular complexity index is 705. The van der Waals surface area contributed by atoms with Gasteiger partial charge in [0, 0.05) is 44.3 Å². The molecule has 1 amide bonds. The van der Waals surface area contributed by atoms with Gasteiger partial charge in [0.15, 0.2) is 5.66 Å². The standard InChI is InChI=1S/C17H19N5O2/c23-16-22(14-4-2-1-3-5-14)17(13-24-16,15-12-19-6-7-20-15)21-10-8-18-9-11-21/h1-7,12,18H,8-11,13H2. The SMILES string of the molecule is O=C1OCC(c2cnccn2)(N2CCNCC2)N1c1ccccc1. The van der Waals surface area contributed by atoms with Crippen LogP contribution < -0.4 is 10.2 Å². The Kier molecular flexibility index (Phi) is 3.87. The highest BCUT2D eigenvalue weighted by Gasteiger charge is 2.55. The predicted octanol–water partition coefficient (Wildman–Crippen LogP) is 1.19. The number of amides is 1. The van der Waals surface area contributed by atoms with E-state index in [0.29, 0.717) is 0 Å². The molecule has 0 bridgehead atoms. The summed E-state index contributed by atoms with van der Waals surface area (Å²) in [4.78, 5) is 25.3. The van der Waals surface area contributed by atoms with Crippen LogP contribution in [0, 0.1) is 0 Å². The molecule has 7 heteroatoms. The quantitative estimate of drug-likeness (QED) is 0.914. The third-order valence-corrected chi connectivity index (χ3v) is 4.58. The van der Waals surface area contributed by atoms with Crippen LogP contribution in [-0.4, -0.2) is 53.7 Å². The molecule has 4 rings (SSSR count). The molecule has 1 N–H and O–H groups in total. The molecule has 7 nitrogen and oxygen atoms in total. The van der Waals surface area contributed by atoms with E-state index in [2.05, 4.69) is 20.2 Å². The summed E-state index contributed by atoms with van der Waals surface area (Å²) < 4.78 is 5.50. The van der Waals surface area contributed by atoms with Crippen molar-refractivity contribution in [2.24, 2.45) is 0 Å². The minimum Gasteiger partial charge on any atom is -0.445 e. The number of piperazine rings is 1. The number of aromatic nitrogens is 2. The summed E-state index contributed by atoms with van der Waals surface area (Å²) >= 11 is 0. The number of ether oxygens (including phenoxy) is 1. The van der Waals surface area contributed by atoms with Crippen molar-refractivity contribution in [1.82, 2.24) is 20.2 Å². The zero-order chi connectivity index (χ0) is 16.4. The maximum atomic E-state index is 12.6. The summed E-state index contributed by atoms with van der Waals surface area (Å²) in [6.07, 6.45) is 4.66. The van der Waals surface area contributed by atoms with Gasteiger partial charge in [-0.2, -0.15) is 0 Å². The molecule has 0 saturated carbocycles. The average molecular weight is 325 g/mol. The fraction of sp³-hybridized carbons (Fsp3) is 0.353. The molecule has 124 valence electrons. The molecule has 3 heterocycles. The summed E-state index contributed by atoms with van der Waals surface area (Å²) in [7, 11) is 0. The van der Waals surface area contributed by atoms with Crippen LogP contribution in [0.5, 0.6) is 0 Å². The number of carbonyl (C=O) groups is 1. The van der Waals surface area contributed by atoms with Crippen molar-refractivity contribution in [3.05, 3.63) is 54.6 Å². The molecular weight excluding hydrogens is 306 g/mol. The first-order valence-corrected chi connectivity index (χ1v) is 8.07. The van der Waals surface area contributed by atoms with E-state index in [4.69, 9.17) is 4.74 Å². The van der Waals surface area contributed by atoms with Crippen LogP contribution in [0.15, 0.2) is 48.9 Å². The van der Waals surface area contributed by atoms with Crippen LogP contribution in [-0.2, 0) is 10.4 Å². The minimum atomic E-state index is -0.769. The van der Waals surface area contributed by atoms with Gasteiger partial charge in [-0.25, -0.2) is 9.69 Å². The zero-order valence-electron chi connectivity index (χ0n) is 13.3. The highest BCUT2D eigenvalue weighted by molar-refractivity contribution is 5.91. The smallest absolute Gasteiger partial charge is 0.416 e. The fourth-order valence-electron chi connectivity index (χ4n) is 3.46. The minimum absolute atomic E-state index is 0.236. The molecule has 0 spiro atoms. The Hall–Kier alpha value is -2.51. The Morgan fingerprint density at radius 3 is 2.62 bits per heavy atom. The molecular formula is C17H19N5O2. The molecule has 0 radical (unpaired) electrons. The highest BCUT2D eigenvalue weighted by Crippen LogP contribution is 2.40. The predicted molar refractivity (Wildman–Crippen MR) is 88.4 cm³/mol. The molecule has 2 saturated heterocycles.